The zero-order chi connectivity index (χ0) is 19.0. The molecule has 0 radical (unpaired) electrons. The fourth-order valence-corrected chi connectivity index (χ4v) is 4.45. The molecule has 3 aromatic heterocycles. The lowest BCUT2D eigenvalue weighted by molar-refractivity contribution is 0.375. The van der Waals surface area contributed by atoms with Crippen LogP contribution in [0.15, 0.2) is 49.2 Å². The van der Waals surface area contributed by atoms with Crippen LogP contribution < -0.4 is 5.32 Å². The molecule has 1 N–H and O–H groups in total. The van der Waals surface area contributed by atoms with E-state index in [0.717, 1.165) is 29.4 Å². The lowest BCUT2D eigenvalue weighted by Gasteiger charge is -2.19. The third kappa shape index (κ3) is 4.92. The maximum absolute atomic E-state index is 4.55. The van der Waals surface area contributed by atoms with Gasteiger partial charge in [0.1, 0.15) is 0 Å². The average Bonchev–Trinajstić information content (AvgIpc) is 3.22. The van der Waals surface area contributed by atoms with E-state index in [4.69, 9.17) is 0 Å². The number of nitrogens with one attached hydrogen (secondary N) is 1. The molecule has 1 aliphatic rings. The molecular weight excluding hydrogens is 344 g/mol. The van der Waals surface area contributed by atoms with E-state index in [1.807, 2.05) is 30.9 Å². The molecule has 0 aromatic carbocycles. The maximum atomic E-state index is 4.55. The summed E-state index contributed by atoms with van der Waals surface area (Å²) in [5, 5.41) is 3.69. The first-order valence-electron chi connectivity index (χ1n) is 11.0. The standard InChI is InChI=1S/C24H32N4/c1-2-4-6-9-20(10-7-5-3-1)12-14-26-23-17-22(21-11-8-13-25-18-21)19-28-16-15-27-24(23)28/h8,11,13,15-20,26H,1-7,9-10,12,14H2. The van der Waals surface area contributed by atoms with Crippen molar-refractivity contribution in [1.82, 2.24) is 14.4 Å². The van der Waals surface area contributed by atoms with E-state index in [-0.39, 0.29) is 0 Å². The number of fused-ring (bicyclic) bond motifs is 1. The summed E-state index contributed by atoms with van der Waals surface area (Å²) in [6.07, 6.45) is 23.8. The summed E-state index contributed by atoms with van der Waals surface area (Å²) in [5.74, 6) is 0.864. The van der Waals surface area contributed by atoms with Crippen molar-refractivity contribution in [2.45, 2.75) is 64.2 Å². The molecule has 0 unspecified atom stereocenters. The Morgan fingerprint density at radius 2 is 1.75 bits per heavy atom. The first kappa shape index (κ1) is 19.0. The van der Waals surface area contributed by atoms with Gasteiger partial charge in [0.05, 0.1) is 5.69 Å². The molecule has 0 atom stereocenters. The van der Waals surface area contributed by atoms with Crippen molar-refractivity contribution < 1.29 is 0 Å². The van der Waals surface area contributed by atoms with Crippen molar-refractivity contribution >= 4 is 11.3 Å². The summed E-state index contributed by atoms with van der Waals surface area (Å²) < 4.78 is 2.11. The van der Waals surface area contributed by atoms with Crippen molar-refractivity contribution in [1.29, 1.82) is 0 Å². The van der Waals surface area contributed by atoms with Gasteiger partial charge in [0.2, 0.25) is 0 Å². The van der Waals surface area contributed by atoms with Gasteiger partial charge in [0.25, 0.3) is 0 Å². The Balaban J connectivity index is 1.43. The van der Waals surface area contributed by atoms with Crippen molar-refractivity contribution in [3.63, 3.8) is 0 Å². The number of anilines is 1. The fourth-order valence-electron chi connectivity index (χ4n) is 4.45. The first-order valence-corrected chi connectivity index (χ1v) is 11.0. The van der Waals surface area contributed by atoms with Crippen molar-refractivity contribution in [3.8, 4) is 11.1 Å². The topological polar surface area (TPSA) is 42.2 Å². The fraction of sp³-hybridized carbons (Fsp3) is 0.500. The number of pyridine rings is 2. The molecule has 3 aromatic rings. The average molecular weight is 377 g/mol. The van der Waals surface area contributed by atoms with Gasteiger partial charge in [-0.1, -0.05) is 63.9 Å². The monoisotopic (exact) mass is 376 g/mol. The molecule has 0 saturated heterocycles. The maximum Gasteiger partial charge on any atom is 0.160 e. The third-order valence-electron chi connectivity index (χ3n) is 6.08. The largest absolute Gasteiger partial charge is 0.382 e. The zero-order valence-corrected chi connectivity index (χ0v) is 16.8. The quantitative estimate of drug-likeness (QED) is 0.565. The van der Waals surface area contributed by atoms with E-state index in [2.05, 4.69) is 38.0 Å². The SMILES string of the molecule is c1cncc(-c2cc(NCCC3CCCCCCCCC3)c3nccn3c2)c1. The molecule has 148 valence electrons. The van der Waals surface area contributed by atoms with E-state index < -0.39 is 0 Å². The summed E-state index contributed by atoms with van der Waals surface area (Å²) in [5.41, 5.74) is 4.41. The summed E-state index contributed by atoms with van der Waals surface area (Å²) in [6, 6.07) is 6.31. The van der Waals surface area contributed by atoms with E-state index in [9.17, 15) is 0 Å². The molecule has 1 aliphatic carbocycles. The number of hydrogen-bond acceptors (Lipinski definition) is 3. The van der Waals surface area contributed by atoms with E-state index in [1.54, 1.807) is 0 Å². The molecule has 0 amide bonds. The summed E-state index contributed by atoms with van der Waals surface area (Å²) in [7, 11) is 0. The third-order valence-corrected chi connectivity index (χ3v) is 6.08. The highest BCUT2D eigenvalue weighted by Gasteiger charge is 2.12. The van der Waals surface area contributed by atoms with E-state index in [1.165, 1.54) is 69.8 Å². The molecule has 0 aliphatic heterocycles. The highest BCUT2D eigenvalue weighted by molar-refractivity contribution is 5.76. The van der Waals surface area contributed by atoms with Gasteiger partial charge in [-0.25, -0.2) is 4.98 Å². The van der Waals surface area contributed by atoms with E-state index in [0.29, 0.717) is 0 Å². The van der Waals surface area contributed by atoms with Crippen LogP contribution in [-0.2, 0) is 0 Å². The Hall–Kier alpha value is -2.36. The predicted molar refractivity (Wildman–Crippen MR) is 117 cm³/mol. The molecule has 0 bridgehead atoms. The highest BCUT2D eigenvalue weighted by atomic mass is 15.0. The van der Waals surface area contributed by atoms with Crippen molar-refractivity contribution in [3.05, 3.63) is 49.2 Å². The Kier molecular flexibility index (Phi) is 6.59. The molecular formula is C24H32N4. The van der Waals surface area contributed by atoms with Crippen LogP contribution in [0.1, 0.15) is 64.2 Å². The Labute approximate surface area is 168 Å². The van der Waals surface area contributed by atoms with Crippen LogP contribution >= 0.6 is 0 Å². The second-order valence-electron chi connectivity index (χ2n) is 8.18. The van der Waals surface area contributed by atoms with Crippen LogP contribution in [0.25, 0.3) is 16.8 Å². The number of nitrogens with zero attached hydrogens (tertiary/aromatic N) is 3. The molecule has 1 fully saturated rings. The van der Waals surface area contributed by atoms with Crippen molar-refractivity contribution in [2.24, 2.45) is 5.92 Å². The Morgan fingerprint density at radius 3 is 2.50 bits per heavy atom. The van der Waals surface area contributed by atoms with Gasteiger partial charge in [-0.2, -0.15) is 0 Å². The number of hydrogen-bond donors (Lipinski definition) is 1. The first-order chi connectivity index (χ1) is 13.9. The van der Waals surface area contributed by atoms with Gasteiger partial charge < -0.3 is 9.72 Å². The van der Waals surface area contributed by atoms with Gasteiger partial charge in [-0.15, -0.1) is 0 Å². The van der Waals surface area contributed by atoms with E-state index >= 15 is 0 Å². The summed E-state index contributed by atoms with van der Waals surface area (Å²) in [4.78, 5) is 8.82. The number of imidazole rings is 1. The number of rotatable bonds is 5. The zero-order valence-electron chi connectivity index (χ0n) is 16.8. The van der Waals surface area contributed by atoms with Gasteiger partial charge >= 0.3 is 0 Å². The molecule has 4 rings (SSSR count). The van der Waals surface area contributed by atoms with Gasteiger partial charge in [0.15, 0.2) is 5.65 Å². The second-order valence-corrected chi connectivity index (χ2v) is 8.18. The second kappa shape index (κ2) is 9.72. The Morgan fingerprint density at radius 1 is 0.964 bits per heavy atom. The van der Waals surface area contributed by atoms with Gasteiger partial charge in [-0.3, -0.25) is 4.98 Å². The smallest absolute Gasteiger partial charge is 0.160 e. The van der Waals surface area contributed by atoms with Crippen molar-refractivity contribution in [2.75, 3.05) is 11.9 Å². The number of aromatic nitrogens is 3. The molecule has 3 heterocycles. The Bertz CT molecular complexity index is 845. The van der Waals surface area contributed by atoms with Crippen LogP contribution in [0, 0.1) is 5.92 Å². The van der Waals surface area contributed by atoms with Gasteiger partial charge in [-0.05, 0) is 24.5 Å². The minimum absolute atomic E-state index is 0.864. The normalized spacial score (nSPS) is 16.9. The van der Waals surface area contributed by atoms with Crippen LogP contribution in [0.4, 0.5) is 5.69 Å². The van der Waals surface area contributed by atoms with Gasteiger partial charge in [0, 0.05) is 48.7 Å². The van der Waals surface area contributed by atoms with Crippen LogP contribution in [-0.4, -0.2) is 20.9 Å². The highest BCUT2D eigenvalue weighted by Crippen LogP contribution is 2.27. The minimum Gasteiger partial charge on any atom is -0.382 e. The van der Waals surface area contributed by atoms with Crippen LogP contribution in [0.3, 0.4) is 0 Å². The minimum atomic E-state index is 0.864. The summed E-state index contributed by atoms with van der Waals surface area (Å²) >= 11 is 0. The molecule has 0 spiro atoms. The molecule has 1 saturated carbocycles. The summed E-state index contributed by atoms with van der Waals surface area (Å²) in [6.45, 7) is 1.02. The lowest BCUT2D eigenvalue weighted by Crippen LogP contribution is -2.11. The predicted octanol–water partition coefficient (Wildman–Crippen LogP) is 6.34. The molecule has 4 nitrogen and oxygen atoms in total. The molecule has 28 heavy (non-hydrogen) atoms. The lowest BCUT2D eigenvalue weighted by atomic mass is 9.90. The molecule has 4 heteroatoms. The van der Waals surface area contributed by atoms with Crippen LogP contribution in [0.5, 0.6) is 0 Å². The van der Waals surface area contributed by atoms with Crippen LogP contribution in [0.2, 0.25) is 0 Å².